The van der Waals surface area contributed by atoms with Gasteiger partial charge in [0.2, 0.25) is 0 Å². The molecule has 0 unspecified atom stereocenters. The van der Waals surface area contributed by atoms with Gasteiger partial charge in [-0.25, -0.2) is 0 Å². The number of hydrogen-bond acceptors (Lipinski definition) is 3. The van der Waals surface area contributed by atoms with Crippen molar-refractivity contribution >= 4 is 28.9 Å². The van der Waals surface area contributed by atoms with Crippen molar-refractivity contribution in [3.63, 3.8) is 0 Å². The monoisotopic (exact) mass is 383 g/mol. The predicted molar refractivity (Wildman–Crippen MR) is 116 cm³/mol. The minimum atomic E-state index is -0.267. The standard InChI is InChI=1S/C22H29N3OS/c1-2-3-4-5-6-7-8-10-18-12-14-20(15-13-18)24-22(27)25-21(26)19-11-9-16-23-17-19/h9,11-17H,2-8,10H2,1H3,(H2,24,25,26,27). The molecule has 0 bridgehead atoms. The highest BCUT2D eigenvalue weighted by Gasteiger charge is 2.07. The fraction of sp³-hybridized carbons (Fsp3) is 0.409. The molecule has 1 aromatic carbocycles. The van der Waals surface area contributed by atoms with E-state index < -0.39 is 0 Å². The molecule has 1 aromatic heterocycles. The van der Waals surface area contributed by atoms with Crippen molar-refractivity contribution < 1.29 is 4.79 Å². The average Bonchev–Trinajstić information content (AvgIpc) is 2.69. The molecule has 2 aromatic rings. The molecule has 2 N–H and O–H groups in total. The lowest BCUT2D eigenvalue weighted by molar-refractivity contribution is 0.0977. The number of nitrogens with zero attached hydrogens (tertiary/aromatic N) is 1. The van der Waals surface area contributed by atoms with Crippen LogP contribution in [0.3, 0.4) is 0 Å². The Morgan fingerprint density at radius 1 is 1.00 bits per heavy atom. The van der Waals surface area contributed by atoms with E-state index in [0.717, 1.165) is 12.1 Å². The molecule has 0 spiro atoms. The van der Waals surface area contributed by atoms with Gasteiger partial charge in [-0.05, 0) is 54.9 Å². The van der Waals surface area contributed by atoms with Crippen LogP contribution in [-0.4, -0.2) is 16.0 Å². The van der Waals surface area contributed by atoms with Gasteiger partial charge in [0.1, 0.15) is 0 Å². The first-order valence-corrected chi connectivity index (χ1v) is 10.2. The second-order valence-electron chi connectivity index (χ2n) is 6.72. The lowest BCUT2D eigenvalue weighted by atomic mass is 10.0. The SMILES string of the molecule is CCCCCCCCCc1ccc(NC(=S)NC(=O)c2cccnc2)cc1. The number of rotatable bonds is 10. The number of carbonyl (C=O) groups excluding carboxylic acids is 1. The zero-order valence-corrected chi connectivity index (χ0v) is 16.9. The molecule has 4 nitrogen and oxygen atoms in total. The third kappa shape index (κ3) is 8.31. The number of amides is 1. The van der Waals surface area contributed by atoms with Gasteiger partial charge in [-0.1, -0.05) is 57.6 Å². The second-order valence-corrected chi connectivity index (χ2v) is 7.13. The maximum Gasteiger partial charge on any atom is 0.258 e. The van der Waals surface area contributed by atoms with Crippen LogP contribution in [0.1, 0.15) is 67.8 Å². The molecule has 0 aliphatic heterocycles. The van der Waals surface area contributed by atoms with Crippen molar-refractivity contribution in [3.8, 4) is 0 Å². The van der Waals surface area contributed by atoms with E-state index in [4.69, 9.17) is 12.2 Å². The average molecular weight is 384 g/mol. The van der Waals surface area contributed by atoms with Crippen molar-refractivity contribution in [2.75, 3.05) is 5.32 Å². The summed E-state index contributed by atoms with van der Waals surface area (Å²) in [7, 11) is 0. The summed E-state index contributed by atoms with van der Waals surface area (Å²) in [4.78, 5) is 16.0. The highest BCUT2D eigenvalue weighted by molar-refractivity contribution is 7.80. The van der Waals surface area contributed by atoms with Gasteiger partial charge < -0.3 is 5.32 Å². The van der Waals surface area contributed by atoms with Crippen LogP contribution in [-0.2, 0) is 6.42 Å². The molecule has 0 radical (unpaired) electrons. The summed E-state index contributed by atoms with van der Waals surface area (Å²) in [5.74, 6) is -0.267. The zero-order chi connectivity index (χ0) is 19.3. The van der Waals surface area contributed by atoms with E-state index in [1.54, 1.807) is 18.3 Å². The molecule has 0 saturated heterocycles. The highest BCUT2D eigenvalue weighted by Crippen LogP contribution is 2.14. The van der Waals surface area contributed by atoms with Gasteiger partial charge in [0.25, 0.3) is 5.91 Å². The number of aromatic nitrogens is 1. The summed E-state index contributed by atoms with van der Waals surface area (Å²) in [6.07, 6.45) is 13.5. The number of anilines is 1. The Morgan fingerprint density at radius 2 is 1.70 bits per heavy atom. The Labute approximate surface area is 167 Å². The minimum absolute atomic E-state index is 0.267. The number of unbranched alkanes of at least 4 members (excludes halogenated alkanes) is 6. The van der Waals surface area contributed by atoms with E-state index in [0.29, 0.717) is 5.56 Å². The fourth-order valence-corrected chi connectivity index (χ4v) is 3.09. The van der Waals surface area contributed by atoms with Crippen molar-refractivity contribution in [2.45, 2.75) is 58.3 Å². The molecule has 0 saturated carbocycles. The lowest BCUT2D eigenvalue weighted by Crippen LogP contribution is -2.34. The van der Waals surface area contributed by atoms with Crippen molar-refractivity contribution in [2.24, 2.45) is 0 Å². The van der Waals surface area contributed by atoms with Gasteiger partial charge in [-0.15, -0.1) is 0 Å². The molecule has 0 atom stereocenters. The van der Waals surface area contributed by atoms with Gasteiger partial charge in [0.15, 0.2) is 5.11 Å². The molecular weight excluding hydrogens is 354 g/mol. The molecule has 2 rings (SSSR count). The summed E-state index contributed by atoms with van der Waals surface area (Å²) in [5.41, 5.74) is 2.68. The van der Waals surface area contributed by atoms with Crippen LogP contribution >= 0.6 is 12.2 Å². The molecule has 0 aliphatic carbocycles. The lowest BCUT2D eigenvalue weighted by Gasteiger charge is -2.10. The second kappa shape index (κ2) is 12.2. The third-order valence-corrected chi connectivity index (χ3v) is 4.64. The Hall–Kier alpha value is -2.27. The third-order valence-electron chi connectivity index (χ3n) is 4.43. The molecule has 1 amide bonds. The van der Waals surface area contributed by atoms with Gasteiger partial charge in [-0.2, -0.15) is 0 Å². The Kier molecular flexibility index (Phi) is 9.49. The number of carbonyl (C=O) groups is 1. The zero-order valence-electron chi connectivity index (χ0n) is 16.0. The smallest absolute Gasteiger partial charge is 0.258 e. The summed E-state index contributed by atoms with van der Waals surface area (Å²) in [5, 5.41) is 5.99. The van der Waals surface area contributed by atoms with Gasteiger partial charge >= 0.3 is 0 Å². The molecule has 5 heteroatoms. The van der Waals surface area contributed by atoms with Crippen molar-refractivity contribution in [3.05, 3.63) is 59.9 Å². The number of benzene rings is 1. The molecule has 0 fully saturated rings. The van der Waals surface area contributed by atoms with Crippen LogP contribution in [0.15, 0.2) is 48.8 Å². The first-order valence-electron chi connectivity index (χ1n) is 9.80. The van der Waals surface area contributed by atoms with Crippen LogP contribution in [0.4, 0.5) is 5.69 Å². The Morgan fingerprint density at radius 3 is 2.37 bits per heavy atom. The van der Waals surface area contributed by atoms with Crippen LogP contribution in [0.5, 0.6) is 0 Å². The minimum Gasteiger partial charge on any atom is -0.332 e. The number of aryl methyl sites for hydroxylation is 1. The van der Waals surface area contributed by atoms with E-state index in [9.17, 15) is 4.79 Å². The molecule has 0 aliphatic rings. The largest absolute Gasteiger partial charge is 0.332 e. The van der Waals surface area contributed by atoms with E-state index in [-0.39, 0.29) is 11.0 Å². The van der Waals surface area contributed by atoms with E-state index in [1.807, 2.05) is 12.1 Å². The van der Waals surface area contributed by atoms with Gasteiger partial charge in [-0.3, -0.25) is 15.1 Å². The number of thiocarbonyl (C=S) groups is 1. The summed E-state index contributed by atoms with van der Waals surface area (Å²) >= 11 is 5.21. The van der Waals surface area contributed by atoms with Gasteiger partial charge in [0, 0.05) is 18.1 Å². The van der Waals surface area contributed by atoms with E-state index >= 15 is 0 Å². The maximum absolute atomic E-state index is 12.1. The van der Waals surface area contributed by atoms with Crippen LogP contribution in [0, 0.1) is 0 Å². The van der Waals surface area contributed by atoms with Gasteiger partial charge in [0.05, 0.1) is 5.56 Å². The number of pyridine rings is 1. The van der Waals surface area contributed by atoms with E-state index in [1.165, 1.54) is 56.7 Å². The number of nitrogens with one attached hydrogen (secondary N) is 2. The molecular formula is C22H29N3OS. The first-order chi connectivity index (χ1) is 13.2. The molecule has 144 valence electrons. The topological polar surface area (TPSA) is 54.0 Å². The van der Waals surface area contributed by atoms with Crippen molar-refractivity contribution in [1.29, 1.82) is 0 Å². The summed E-state index contributed by atoms with van der Waals surface area (Å²) in [6.45, 7) is 2.25. The predicted octanol–water partition coefficient (Wildman–Crippen LogP) is 5.50. The van der Waals surface area contributed by atoms with Crippen LogP contribution in [0.25, 0.3) is 0 Å². The molecule has 27 heavy (non-hydrogen) atoms. The Bertz CT molecular complexity index is 701. The highest BCUT2D eigenvalue weighted by atomic mass is 32.1. The first kappa shape index (κ1) is 21.0. The normalized spacial score (nSPS) is 10.4. The summed E-state index contributed by atoms with van der Waals surface area (Å²) < 4.78 is 0. The van der Waals surface area contributed by atoms with E-state index in [2.05, 4.69) is 34.7 Å². The maximum atomic E-state index is 12.1. The quantitative estimate of drug-likeness (QED) is 0.420. The molecule has 1 heterocycles. The van der Waals surface area contributed by atoms with Crippen molar-refractivity contribution in [1.82, 2.24) is 10.3 Å². The van der Waals surface area contributed by atoms with Crippen LogP contribution in [0.2, 0.25) is 0 Å². The van der Waals surface area contributed by atoms with Crippen LogP contribution < -0.4 is 10.6 Å². The summed E-state index contributed by atoms with van der Waals surface area (Å²) in [6, 6.07) is 11.6. The Balaban J connectivity index is 1.68. The number of hydrogen-bond donors (Lipinski definition) is 2. The fourth-order valence-electron chi connectivity index (χ4n) is 2.88.